The molecule has 0 atom stereocenters. The lowest BCUT2D eigenvalue weighted by molar-refractivity contribution is -0.131. The topological polar surface area (TPSA) is 48.5 Å². The number of carbonyl (C=O) groups is 1. The first-order chi connectivity index (χ1) is 9.60. The van der Waals surface area contributed by atoms with E-state index < -0.39 is 0 Å². The van der Waals surface area contributed by atoms with Crippen LogP contribution in [0.15, 0.2) is 12.1 Å². The van der Waals surface area contributed by atoms with Crippen molar-refractivity contribution in [1.82, 2.24) is 14.8 Å². The molecule has 1 fully saturated rings. The monoisotopic (exact) mass is 296 g/mol. The molecule has 6 heteroatoms. The molecule has 0 radical (unpaired) electrons. The van der Waals surface area contributed by atoms with Gasteiger partial charge in [0.05, 0.1) is 17.3 Å². The number of aromatic nitrogens is 1. The van der Waals surface area contributed by atoms with Crippen molar-refractivity contribution in [2.75, 3.05) is 39.0 Å². The van der Waals surface area contributed by atoms with Gasteiger partial charge in [-0.25, -0.2) is 4.98 Å². The number of hydrogen-bond acceptors (Lipinski definition) is 4. The van der Waals surface area contributed by atoms with E-state index in [2.05, 4.69) is 10.3 Å². The van der Waals surface area contributed by atoms with Gasteiger partial charge in [-0.05, 0) is 32.0 Å². The van der Waals surface area contributed by atoms with Crippen molar-refractivity contribution in [2.24, 2.45) is 0 Å². The average Bonchev–Trinajstić information content (AvgIpc) is 2.95. The molecule has 110 valence electrons. The summed E-state index contributed by atoms with van der Waals surface area (Å²) in [6.07, 6.45) is 2.24. The Morgan fingerprint density at radius 3 is 2.80 bits per heavy atom. The van der Waals surface area contributed by atoms with Gasteiger partial charge in [0.1, 0.15) is 5.82 Å². The van der Waals surface area contributed by atoms with E-state index in [0.29, 0.717) is 18.1 Å². The van der Waals surface area contributed by atoms with Gasteiger partial charge in [-0.3, -0.25) is 9.69 Å². The number of nitrogens with zero attached hydrogens (tertiary/aromatic N) is 3. The Morgan fingerprint density at radius 2 is 2.15 bits per heavy atom. The van der Waals surface area contributed by atoms with Gasteiger partial charge in [0.25, 0.3) is 0 Å². The van der Waals surface area contributed by atoms with E-state index >= 15 is 0 Å². The van der Waals surface area contributed by atoms with E-state index in [1.165, 1.54) is 0 Å². The number of likely N-dealkylation sites (tertiary alicyclic amines) is 1. The Bertz CT molecular complexity index is 474. The lowest BCUT2D eigenvalue weighted by atomic mass is 10.3. The van der Waals surface area contributed by atoms with Gasteiger partial charge in [-0.15, -0.1) is 0 Å². The van der Waals surface area contributed by atoms with Crippen molar-refractivity contribution in [3.8, 4) is 0 Å². The van der Waals surface area contributed by atoms with Crippen LogP contribution in [-0.2, 0) is 11.3 Å². The Hall–Kier alpha value is -1.33. The minimum Gasteiger partial charge on any atom is -0.373 e. The number of rotatable bonds is 5. The molecule has 0 bridgehead atoms. The van der Waals surface area contributed by atoms with Gasteiger partial charge < -0.3 is 10.2 Å². The third-order valence-corrected chi connectivity index (χ3v) is 3.80. The molecule has 0 unspecified atom stereocenters. The van der Waals surface area contributed by atoms with Gasteiger partial charge >= 0.3 is 0 Å². The van der Waals surface area contributed by atoms with Crippen LogP contribution < -0.4 is 5.32 Å². The van der Waals surface area contributed by atoms with E-state index in [-0.39, 0.29) is 5.91 Å². The van der Waals surface area contributed by atoms with Gasteiger partial charge in [0, 0.05) is 26.7 Å². The van der Waals surface area contributed by atoms with Crippen LogP contribution in [0.1, 0.15) is 18.5 Å². The molecule has 0 saturated carbocycles. The van der Waals surface area contributed by atoms with Crippen molar-refractivity contribution in [3.05, 3.63) is 22.8 Å². The number of halogens is 1. The van der Waals surface area contributed by atoms with Crippen molar-refractivity contribution in [1.29, 1.82) is 0 Å². The summed E-state index contributed by atoms with van der Waals surface area (Å²) >= 11 is 6.15. The summed E-state index contributed by atoms with van der Waals surface area (Å²) in [5.41, 5.74) is 0.787. The highest BCUT2D eigenvalue weighted by atomic mass is 35.5. The first-order valence-electron chi connectivity index (χ1n) is 6.89. The van der Waals surface area contributed by atoms with Crippen LogP contribution in [0.25, 0.3) is 0 Å². The zero-order chi connectivity index (χ0) is 14.5. The molecule has 2 rings (SSSR count). The van der Waals surface area contributed by atoms with Crippen molar-refractivity contribution >= 4 is 23.3 Å². The van der Waals surface area contributed by atoms with E-state index in [4.69, 9.17) is 11.6 Å². The summed E-state index contributed by atoms with van der Waals surface area (Å²) in [6, 6.07) is 3.66. The number of likely N-dealkylation sites (N-methyl/N-ethyl adjacent to an activating group) is 1. The molecule has 1 amide bonds. The molecule has 1 aliphatic heterocycles. The fourth-order valence-electron chi connectivity index (χ4n) is 2.34. The highest BCUT2D eigenvalue weighted by molar-refractivity contribution is 6.31. The van der Waals surface area contributed by atoms with E-state index in [0.717, 1.165) is 37.4 Å². The van der Waals surface area contributed by atoms with Crippen LogP contribution in [0.3, 0.4) is 0 Å². The molecular weight excluding hydrogens is 276 g/mol. The quantitative estimate of drug-likeness (QED) is 0.900. The Labute approximate surface area is 124 Å². The molecule has 0 aromatic carbocycles. The largest absolute Gasteiger partial charge is 0.373 e. The molecule has 0 aliphatic carbocycles. The second kappa shape index (κ2) is 6.90. The average molecular weight is 297 g/mol. The molecule has 0 spiro atoms. The molecule has 1 N–H and O–H groups in total. The minimum absolute atomic E-state index is 0.186. The molecular formula is C14H21ClN4O. The van der Waals surface area contributed by atoms with Crippen LogP contribution in [-0.4, -0.2) is 54.4 Å². The van der Waals surface area contributed by atoms with E-state index in [1.54, 1.807) is 0 Å². The zero-order valence-corrected chi connectivity index (χ0v) is 12.8. The van der Waals surface area contributed by atoms with Crippen molar-refractivity contribution in [3.63, 3.8) is 0 Å². The molecule has 1 aromatic heterocycles. The maximum Gasteiger partial charge on any atom is 0.236 e. The third kappa shape index (κ3) is 3.84. The molecule has 2 heterocycles. The van der Waals surface area contributed by atoms with Crippen LogP contribution >= 0.6 is 11.6 Å². The SMILES string of the molecule is CNc1ccc(Cl)c(CN(C)CC(=O)N2CCCC2)n1. The highest BCUT2D eigenvalue weighted by Gasteiger charge is 2.19. The number of carbonyl (C=O) groups excluding carboxylic acids is 1. The molecule has 20 heavy (non-hydrogen) atoms. The third-order valence-electron chi connectivity index (χ3n) is 3.46. The minimum atomic E-state index is 0.186. The fourth-order valence-corrected chi connectivity index (χ4v) is 2.51. The predicted octanol–water partition coefficient (Wildman–Crippen LogP) is 1.83. The fraction of sp³-hybridized carbons (Fsp3) is 0.571. The van der Waals surface area contributed by atoms with Gasteiger partial charge in [-0.2, -0.15) is 0 Å². The molecule has 1 aliphatic rings. The summed E-state index contributed by atoms with van der Waals surface area (Å²) in [6.45, 7) is 2.75. The maximum atomic E-state index is 12.1. The lowest BCUT2D eigenvalue weighted by Crippen LogP contribution is -2.37. The first kappa shape index (κ1) is 15.1. The van der Waals surface area contributed by atoms with Gasteiger partial charge in [-0.1, -0.05) is 11.6 Å². The molecule has 1 saturated heterocycles. The second-order valence-electron chi connectivity index (χ2n) is 5.14. The summed E-state index contributed by atoms with van der Waals surface area (Å²) < 4.78 is 0. The van der Waals surface area contributed by atoms with Gasteiger partial charge in [0.15, 0.2) is 0 Å². The summed E-state index contributed by atoms with van der Waals surface area (Å²) in [7, 11) is 3.73. The second-order valence-corrected chi connectivity index (χ2v) is 5.54. The Balaban J connectivity index is 1.93. The summed E-state index contributed by atoms with van der Waals surface area (Å²) in [5, 5.41) is 3.62. The number of nitrogens with one attached hydrogen (secondary N) is 1. The van der Waals surface area contributed by atoms with Crippen LogP contribution in [0.5, 0.6) is 0 Å². The number of pyridine rings is 1. The normalized spacial score (nSPS) is 14.9. The number of anilines is 1. The lowest BCUT2D eigenvalue weighted by Gasteiger charge is -2.21. The van der Waals surface area contributed by atoms with Crippen LogP contribution in [0.2, 0.25) is 5.02 Å². The number of hydrogen-bond donors (Lipinski definition) is 1. The molecule has 1 aromatic rings. The number of amides is 1. The maximum absolute atomic E-state index is 12.1. The summed E-state index contributed by atoms with van der Waals surface area (Å²) in [4.78, 5) is 20.4. The first-order valence-corrected chi connectivity index (χ1v) is 7.27. The predicted molar refractivity (Wildman–Crippen MR) is 80.9 cm³/mol. The van der Waals surface area contributed by atoms with E-state index in [9.17, 15) is 4.79 Å². The zero-order valence-electron chi connectivity index (χ0n) is 12.0. The van der Waals surface area contributed by atoms with E-state index in [1.807, 2.05) is 36.0 Å². The standard InChI is InChI=1S/C14H21ClN4O/c1-16-13-6-5-11(15)12(17-13)9-18(2)10-14(20)19-7-3-4-8-19/h5-6H,3-4,7-10H2,1-2H3,(H,16,17). The van der Waals surface area contributed by atoms with Crippen molar-refractivity contribution < 1.29 is 4.79 Å². The van der Waals surface area contributed by atoms with Crippen LogP contribution in [0, 0.1) is 0 Å². The Morgan fingerprint density at radius 1 is 1.45 bits per heavy atom. The van der Waals surface area contributed by atoms with Gasteiger partial charge in [0.2, 0.25) is 5.91 Å². The highest BCUT2D eigenvalue weighted by Crippen LogP contribution is 2.18. The summed E-state index contributed by atoms with van der Waals surface area (Å²) in [5.74, 6) is 0.967. The molecule has 5 nitrogen and oxygen atoms in total. The van der Waals surface area contributed by atoms with Crippen LogP contribution in [0.4, 0.5) is 5.82 Å². The smallest absolute Gasteiger partial charge is 0.236 e. The Kier molecular flexibility index (Phi) is 5.20. The van der Waals surface area contributed by atoms with Crippen molar-refractivity contribution in [2.45, 2.75) is 19.4 Å².